The highest BCUT2D eigenvalue weighted by atomic mass is 35.5. The topological polar surface area (TPSA) is 101 Å². The predicted octanol–water partition coefficient (Wildman–Crippen LogP) is 1.96. The minimum Gasteiger partial charge on any atom is -0.350 e. The van der Waals surface area contributed by atoms with Gasteiger partial charge in [-0.2, -0.15) is 0 Å². The van der Waals surface area contributed by atoms with E-state index < -0.39 is 15.6 Å². The van der Waals surface area contributed by atoms with Crippen LogP contribution in [-0.2, 0) is 10.0 Å². The van der Waals surface area contributed by atoms with E-state index in [0.29, 0.717) is 24.2 Å². The number of sulfonamides is 1. The number of benzene rings is 1. The zero-order chi connectivity index (χ0) is 17.7. The number of carbonyl (C=O) groups is 1. The summed E-state index contributed by atoms with van der Waals surface area (Å²) in [6.07, 6.45) is 1.50. The van der Waals surface area contributed by atoms with Crippen molar-refractivity contribution in [3.05, 3.63) is 29.3 Å². The van der Waals surface area contributed by atoms with Crippen LogP contribution < -0.4 is 15.8 Å². The molecule has 138 valence electrons. The van der Waals surface area contributed by atoms with Gasteiger partial charge in [0.25, 0.3) is 5.91 Å². The van der Waals surface area contributed by atoms with Crippen molar-refractivity contribution in [2.45, 2.75) is 51.0 Å². The molecule has 1 amide bonds. The van der Waals surface area contributed by atoms with Crippen molar-refractivity contribution in [3.63, 3.8) is 0 Å². The fourth-order valence-electron chi connectivity index (χ4n) is 2.14. The van der Waals surface area contributed by atoms with Crippen molar-refractivity contribution in [2.75, 3.05) is 13.1 Å². The summed E-state index contributed by atoms with van der Waals surface area (Å²) >= 11 is 0. The van der Waals surface area contributed by atoms with Crippen molar-refractivity contribution in [1.82, 2.24) is 10.0 Å². The largest absolute Gasteiger partial charge is 0.350 e. The van der Waals surface area contributed by atoms with Gasteiger partial charge in [0, 0.05) is 24.2 Å². The zero-order valence-corrected chi connectivity index (χ0v) is 16.3. The molecule has 4 N–H and O–H groups in total. The Hall–Kier alpha value is -1.15. The average Bonchev–Trinajstić information content (AvgIpc) is 2.52. The van der Waals surface area contributed by atoms with Crippen LogP contribution in [0.5, 0.6) is 0 Å². The third kappa shape index (κ3) is 5.73. The minimum absolute atomic E-state index is 0. The molecule has 0 atom stereocenters. The lowest BCUT2D eigenvalue weighted by molar-refractivity contribution is 0.0941. The van der Waals surface area contributed by atoms with Gasteiger partial charge in [-0.1, -0.05) is 26.8 Å². The molecule has 0 radical (unpaired) electrons. The van der Waals surface area contributed by atoms with Gasteiger partial charge in [-0.15, -0.1) is 12.4 Å². The molecule has 0 heterocycles. The number of amides is 1. The van der Waals surface area contributed by atoms with Gasteiger partial charge >= 0.3 is 0 Å². The Morgan fingerprint density at radius 1 is 1.21 bits per heavy atom. The van der Waals surface area contributed by atoms with Crippen LogP contribution in [0.25, 0.3) is 0 Å². The van der Waals surface area contributed by atoms with Crippen molar-refractivity contribution in [1.29, 1.82) is 0 Å². The number of rotatable bonds is 8. The van der Waals surface area contributed by atoms with Crippen LogP contribution in [-0.4, -0.2) is 33.0 Å². The van der Waals surface area contributed by atoms with Crippen LogP contribution in [0.15, 0.2) is 23.1 Å². The molecule has 1 rings (SSSR count). The third-order valence-corrected chi connectivity index (χ3v) is 5.65. The quantitative estimate of drug-likeness (QED) is 0.644. The van der Waals surface area contributed by atoms with E-state index in [1.165, 1.54) is 12.1 Å². The smallest absolute Gasteiger partial charge is 0.251 e. The molecule has 1 aromatic carbocycles. The lowest BCUT2D eigenvalue weighted by Crippen LogP contribution is -2.49. The van der Waals surface area contributed by atoms with Gasteiger partial charge in [-0.3, -0.25) is 4.79 Å². The average molecular weight is 378 g/mol. The van der Waals surface area contributed by atoms with Crippen LogP contribution in [0.2, 0.25) is 0 Å². The van der Waals surface area contributed by atoms with Crippen molar-refractivity contribution >= 4 is 28.3 Å². The van der Waals surface area contributed by atoms with E-state index in [-0.39, 0.29) is 23.2 Å². The van der Waals surface area contributed by atoms with Gasteiger partial charge in [0.2, 0.25) is 10.0 Å². The normalized spacial score (nSPS) is 11.7. The third-order valence-electron chi connectivity index (χ3n) is 4.11. The Bertz CT molecular complexity index is 659. The molecule has 0 unspecified atom stereocenters. The molecule has 0 saturated heterocycles. The van der Waals surface area contributed by atoms with E-state index in [0.717, 1.165) is 12.8 Å². The first-order valence-corrected chi connectivity index (χ1v) is 9.34. The van der Waals surface area contributed by atoms with Gasteiger partial charge in [0.1, 0.15) is 0 Å². The molecule has 0 spiro atoms. The van der Waals surface area contributed by atoms with Gasteiger partial charge in [0.15, 0.2) is 0 Å². The maximum atomic E-state index is 12.4. The minimum atomic E-state index is -3.59. The van der Waals surface area contributed by atoms with Gasteiger partial charge in [0.05, 0.1) is 4.90 Å². The molecule has 24 heavy (non-hydrogen) atoms. The summed E-state index contributed by atoms with van der Waals surface area (Å²) in [6, 6.07) is 4.53. The van der Waals surface area contributed by atoms with Gasteiger partial charge in [-0.05, 0) is 37.5 Å². The van der Waals surface area contributed by atoms with Crippen molar-refractivity contribution in [3.8, 4) is 0 Å². The maximum Gasteiger partial charge on any atom is 0.251 e. The molecule has 8 heteroatoms. The summed E-state index contributed by atoms with van der Waals surface area (Å²) in [6.45, 7) is 8.07. The number of halogens is 1. The van der Waals surface area contributed by atoms with Crippen molar-refractivity contribution < 1.29 is 13.2 Å². The molecule has 6 nitrogen and oxygen atoms in total. The Morgan fingerprint density at radius 2 is 1.79 bits per heavy atom. The van der Waals surface area contributed by atoms with E-state index in [1.54, 1.807) is 19.9 Å². The Kier molecular flexibility index (Phi) is 8.91. The number of carbonyl (C=O) groups excluding carboxylic acids is 1. The van der Waals surface area contributed by atoms with E-state index in [4.69, 9.17) is 5.73 Å². The molecular formula is C16H28ClN3O3S. The summed E-state index contributed by atoms with van der Waals surface area (Å²) in [7, 11) is -3.59. The summed E-state index contributed by atoms with van der Waals surface area (Å²) in [5.74, 6) is -0.312. The van der Waals surface area contributed by atoms with Crippen LogP contribution in [0.4, 0.5) is 0 Å². The van der Waals surface area contributed by atoms with Crippen LogP contribution in [0.1, 0.15) is 49.5 Å². The zero-order valence-electron chi connectivity index (χ0n) is 14.7. The number of nitrogens with two attached hydrogens (primary N) is 1. The van der Waals surface area contributed by atoms with E-state index in [9.17, 15) is 13.2 Å². The highest BCUT2D eigenvalue weighted by molar-refractivity contribution is 7.89. The Morgan fingerprint density at radius 3 is 2.29 bits per heavy atom. The van der Waals surface area contributed by atoms with E-state index in [1.807, 2.05) is 13.8 Å². The number of aryl methyl sites for hydroxylation is 1. The molecule has 0 aliphatic carbocycles. The second kappa shape index (κ2) is 9.36. The van der Waals surface area contributed by atoms with E-state index >= 15 is 0 Å². The maximum absolute atomic E-state index is 12.4. The highest BCUT2D eigenvalue weighted by Gasteiger charge is 2.22. The molecule has 0 saturated carbocycles. The SMILES string of the molecule is CCNS(=O)(=O)c1ccc(C)c(C(=O)NCC(N)(CC)CC)c1.Cl. The monoisotopic (exact) mass is 377 g/mol. The number of nitrogens with one attached hydrogen (secondary N) is 2. The van der Waals surface area contributed by atoms with Crippen molar-refractivity contribution in [2.24, 2.45) is 5.73 Å². The molecule has 1 aromatic rings. The number of hydrogen-bond acceptors (Lipinski definition) is 4. The van der Waals surface area contributed by atoms with Crippen LogP contribution in [0.3, 0.4) is 0 Å². The Balaban J connectivity index is 0.00000529. The summed E-state index contributed by atoms with van der Waals surface area (Å²) < 4.78 is 26.5. The lowest BCUT2D eigenvalue weighted by Gasteiger charge is -2.27. The molecule has 0 bridgehead atoms. The fourth-order valence-corrected chi connectivity index (χ4v) is 3.20. The fraction of sp³-hybridized carbons (Fsp3) is 0.562. The van der Waals surface area contributed by atoms with Crippen LogP contribution >= 0.6 is 12.4 Å². The molecular weight excluding hydrogens is 350 g/mol. The summed E-state index contributed by atoms with van der Waals surface area (Å²) in [5.41, 5.74) is 6.79. The first-order valence-electron chi connectivity index (χ1n) is 7.86. The van der Waals surface area contributed by atoms with Gasteiger partial charge < -0.3 is 11.1 Å². The van der Waals surface area contributed by atoms with Crippen LogP contribution in [0, 0.1) is 6.92 Å². The highest BCUT2D eigenvalue weighted by Crippen LogP contribution is 2.16. The molecule has 0 aliphatic heterocycles. The first-order chi connectivity index (χ1) is 10.7. The summed E-state index contributed by atoms with van der Waals surface area (Å²) in [5, 5.41) is 2.81. The van der Waals surface area contributed by atoms with Gasteiger partial charge in [-0.25, -0.2) is 13.1 Å². The second-order valence-electron chi connectivity index (χ2n) is 5.73. The lowest BCUT2D eigenvalue weighted by atomic mass is 9.94. The number of hydrogen-bond donors (Lipinski definition) is 3. The second-order valence-corrected chi connectivity index (χ2v) is 7.50. The molecule has 0 fully saturated rings. The van der Waals surface area contributed by atoms with E-state index in [2.05, 4.69) is 10.0 Å². The first kappa shape index (κ1) is 22.9. The Labute approximate surface area is 151 Å². The molecule has 0 aromatic heterocycles. The predicted molar refractivity (Wildman–Crippen MR) is 99.1 cm³/mol. The summed E-state index contributed by atoms with van der Waals surface area (Å²) in [4.78, 5) is 12.5. The standard InChI is InChI=1S/C16H27N3O3S.ClH/c1-5-16(17,6-2)11-18-15(20)14-10-13(9-8-12(14)4)23(21,22)19-7-3;/h8-10,19H,5-7,11,17H2,1-4H3,(H,18,20);1H. The molecule has 0 aliphatic rings.